The second kappa shape index (κ2) is 7.29. The molecule has 0 fully saturated rings. The monoisotopic (exact) mass is 345 g/mol. The average Bonchev–Trinajstić information content (AvgIpc) is 2.99. The lowest BCUT2D eigenvalue weighted by molar-refractivity contribution is -0.133. The van der Waals surface area contributed by atoms with Crippen LogP contribution in [0.3, 0.4) is 0 Å². The minimum atomic E-state index is -0.856. The number of carboxylic acids is 1. The van der Waals surface area contributed by atoms with E-state index in [-0.39, 0.29) is 11.7 Å². The first-order valence-corrected chi connectivity index (χ1v) is 8.67. The van der Waals surface area contributed by atoms with E-state index in [1.54, 1.807) is 11.3 Å². The molecule has 0 aliphatic carbocycles. The van der Waals surface area contributed by atoms with Crippen molar-refractivity contribution in [1.29, 1.82) is 0 Å². The zero-order valence-electron chi connectivity index (χ0n) is 11.7. The van der Waals surface area contributed by atoms with Gasteiger partial charge in [-0.1, -0.05) is 37.2 Å². The van der Waals surface area contributed by atoms with Gasteiger partial charge in [0.15, 0.2) is 5.16 Å². The molecule has 0 aliphatic rings. The SMILES string of the molecule is CC(C)c1nnc(SCC(=O)O)n1CCc1ccc(Cl)s1. The van der Waals surface area contributed by atoms with Gasteiger partial charge in [0.1, 0.15) is 5.82 Å². The first-order chi connectivity index (χ1) is 9.97. The van der Waals surface area contributed by atoms with E-state index in [9.17, 15) is 4.79 Å². The Morgan fingerprint density at radius 3 is 2.81 bits per heavy atom. The highest BCUT2D eigenvalue weighted by atomic mass is 35.5. The summed E-state index contributed by atoms with van der Waals surface area (Å²) in [6.07, 6.45) is 0.829. The molecule has 21 heavy (non-hydrogen) atoms. The molecule has 2 aromatic heterocycles. The van der Waals surface area contributed by atoms with Crippen molar-refractivity contribution in [2.45, 2.75) is 37.9 Å². The number of nitrogens with zero attached hydrogens (tertiary/aromatic N) is 3. The highest BCUT2D eigenvalue weighted by molar-refractivity contribution is 7.99. The largest absolute Gasteiger partial charge is 0.481 e. The number of carboxylic acid groups (broad SMARTS) is 1. The molecule has 0 unspecified atom stereocenters. The van der Waals surface area contributed by atoms with E-state index in [1.807, 2.05) is 30.5 Å². The summed E-state index contributed by atoms with van der Waals surface area (Å²) >= 11 is 8.70. The fraction of sp³-hybridized carbons (Fsp3) is 0.462. The van der Waals surface area contributed by atoms with Crippen LogP contribution >= 0.6 is 34.7 Å². The van der Waals surface area contributed by atoms with E-state index in [4.69, 9.17) is 16.7 Å². The zero-order valence-corrected chi connectivity index (χ0v) is 14.1. The molecule has 0 saturated carbocycles. The van der Waals surface area contributed by atoms with E-state index >= 15 is 0 Å². The van der Waals surface area contributed by atoms with Crippen molar-refractivity contribution in [3.05, 3.63) is 27.2 Å². The molecule has 2 heterocycles. The molecule has 0 amide bonds. The highest BCUT2D eigenvalue weighted by Crippen LogP contribution is 2.25. The van der Waals surface area contributed by atoms with Gasteiger partial charge >= 0.3 is 5.97 Å². The Morgan fingerprint density at radius 1 is 1.48 bits per heavy atom. The van der Waals surface area contributed by atoms with Gasteiger partial charge in [0.2, 0.25) is 0 Å². The Balaban J connectivity index is 2.13. The van der Waals surface area contributed by atoms with Crippen molar-refractivity contribution in [1.82, 2.24) is 14.8 Å². The minimum Gasteiger partial charge on any atom is -0.481 e. The molecule has 5 nitrogen and oxygen atoms in total. The molecule has 0 aromatic carbocycles. The van der Waals surface area contributed by atoms with Crippen LogP contribution in [0.4, 0.5) is 0 Å². The molecule has 1 N–H and O–H groups in total. The molecule has 114 valence electrons. The Bertz CT molecular complexity index is 625. The van der Waals surface area contributed by atoms with E-state index < -0.39 is 5.97 Å². The van der Waals surface area contributed by atoms with Crippen LogP contribution in [-0.4, -0.2) is 31.6 Å². The number of thiophene rings is 1. The van der Waals surface area contributed by atoms with Crippen LogP contribution < -0.4 is 0 Å². The fourth-order valence-corrected chi connectivity index (χ4v) is 3.65. The lowest BCUT2D eigenvalue weighted by Gasteiger charge is -2.11. The van der Waals surface area contributed by atoms with Gasteiger partial charge in [0.25, 0.3) is 0 Å². The quantitative estimate of drug-likeness (QED) is 0.777. The molecule has 2 aromatic rings. The Kier molecular flexibility index (Phi) is 5.66. The normalized spacial score (nSPS) is 11.2. The summed E-state index contributed by atoms with van der Waals surface area (Å²) in [5.74, 6) is 0.251. The molecule has 0 radical (unpaired) electrons. The molecular weight excluding hydrogens is 330 g/mol. The zero-order chi connectivity index (χ0) is 15.4. The van der Waals surface area contributed by atoms with Crippen molar-refractivity contribution < 1.29 is 9.90 Å². The van der Waals surface area contributed by atoms with E-state index in [0.29, 0.717) is 5.16 Å². The standard InChI is InChI=1S/C13H16ClN3O2S2/c1-8(2)12-15-16-13(20-7-11(18)19)17(12)6-5-9-3-4-10(14)21-9/h3-4,8H,5-7H2,1-2H3,(H,18,19). The highest BCUT2D eigenvalue weighted by Gasteiger charge is 2.16. The summed E-state index contributed by atoms with van der Waals surface area (Å²) in [6.45, 7) is 4.82. The topological polar surface area (TPSA) is 68.0 Å². The summed E-state index contributed by atoms with van der Waals surface area (Å²) < 4.78 is 2.78. The Labute approximate surface area is 136 Å². The average molecular weight is 346 g/mol. The molecule has 0 bridgehead atoms. The van der Waals surface area contributed by atoms with Crippen LogP contribution in [0.5, 0.6) is 0 Å². The third kappa shape index (κ3) is 4.46. The van der Waals surface area contributed by atoms with Crippen LogP contribution in [0.2, 0.25) is 4.34 Å². The number of aryl methyl sites for hydroxylation is 1. The van der Waals surface area contributed by atoms with Gasteiger partial charge in [-0.25, -0.2) is 0 Å². The number of aliphatic carboxylic acids is 1. The van der Waals surface area contributed by atoms with Crippen molar-refractivity contribution in [2.75, 3.05) is 5.75 Å². The Morgan fingerprint density at radius 2 is 2.24 bits per heavy atom. The lowest BCUT2D eigenvalue weighted by Crippen LogP contribution is -2.09. The van der Waals surface area contributed by atoms with Crippen molar-refractivity contribution in [3.63, 3.8) is 0 Å². The molecule has 0 saturated heterocycles. The van der Waals surface area contributed by atoms with Crippen LogP contribution in [-0.2, 0) is 17.8 Å². The summed E-state index contributed by atoms with van der Waals surface area (Å²) in [6, 6.07) is 3.90. The number of hydrogen-bond donors (Lipinski definition) is 1. The molecule has 0 atom stereocenters. The summed E-state index contributed by atoms with van der Waals surface area (Å²) in [5, 5.41) is 17.8. The van der Waals surface area contributed by atoms with Crippen LogP contribution in [0.25, 0.3) is 0 Å². The predicted octanol–water partition coefficient (Wildman–Crippen LogP) is 3.54. The smallest absolute Gasteiger partial charge is 0.313 e. The van der Waals surface area contributed by atoms with Crippen LogP contribution in [0.1, 0.15) is 30.5 Å². The van der Waals surface area contributed by atoms with Crippen LogP contribution in [0.15, 0.2) is 17.3 Å². The second-order valence-electron chi connectivity index (χ2n) is 4.79. The minimum absolute atomic E-state index is 0.0128. The first-order valence-electron chi connectivity index (χ1n) is 6.49. The van der Waals surface area contributed by atoms with Gasteiger partial charge < -0.3 is 9.67 Å². The van der Waals surface area contributed by atoms with Crippen molar-refractivity contribution in [2.24, 2.45) is 0 Å². The number of rotatable bonds is 7. The number of aromatic nitrogens is 3. The fourth-order valence-electron chi connectivity index (χ4n) is 1.88. The number of hydrogen-bond acceptors (Lipinski definition) is 5. The van der Waals surface area contributed by atoms with Crippen LogP contribution in [0, 0.1) is 0 Å². The van der Waals surface area contributed by atoms with Gasteiger partial charge in [0, 0.05) is 17.3 Å². The predicted molar refractivity (Wildman–Crippen MR) is 85.5 cm³/mol. The van der Waals surface area contributed by atoms with Crippen molar-refractivity contribution in [3.8, 4) is 0 Å². The van der Waals surface area contributed by atoms with E-state index in [0.717, 1.165) is 23.1 Å². The summed E-state index contributed by atoms with van der Waals surface area (Å²) in [7, 11) is 0. The van der Waals surface area contributed by atoms with Gasteiger partial charge in [-0.3, -0.25) is 4.79 Å². The van der Waals surface area contributed by atoms with Gasteiger partial charge in [-0.2, -0.15) is 0 Å². The maximum Gasteiger partial charge on any atom is 0.313 e. The van der Waals surface area contributed by atoms with Gasteiger partial charge in [-0.15, -0.1) is 21.5 Å². The number of thioether (sulfide) groups is 1. The molecule has 0 spiro atoms. The first kappa shape index (κ1) is 16.3. The maximum absolute atomic E-state index is 10.7. The molecular formula is C13H16ClN3O2S2. The van der Waals surface area contributed by atoms with E-state index in [2.05, 4.69) is 10.2 Å². The molecule has 8 heteroatoms. The molecule has 0 aliphatic heterocycles. The maximum atomic E-state index is 10.7. The third-order valence-electron chi connectivity index (χ3n) is 2.80. The molecule has 2 rings (SSSR count). The second-order valence-corrected chi connectivity index (χ2v) is 7.53. The third-order valence-corrected chi connectivity index (χ3v) is 5.04. The Hall–Kier alpha value is -1.05. The van der Waals surface area contributed by atoms with Crippen molar-refractivity contribution >= 4 is 40.7 Å². The number of carbonyl (C=O) groups is 1. The van der Waals surface area contributed by atoms with E-state index in [1.165, 1.54) is 16.6 Å². The number of halogens is 1. The summed E-state index contributed by atoms with van der Waals surface area (Å²) in [4.78, 5) is 11.9. The lowest BCUT2D eigenvalue weighted by atomic mass is 10.2. The van der Waals surface area contributed by atoms with Gasteiger partial charge in [-0.05, 0) is 18.6 Å². The summed E-state index contributed by atoms with van der Waals surface area (Å²) in [5.41, 5.74) is 0. The van der Waals surface area contributed by atoms with Gasteiger partial charge in [0.05, 0.1) is 10.1 Å².